The second-order valence-corrected chi connectivity index (χ2v) is 6.58. The second-order valence-electron chi connectivity index (χ2n) is 6.58. The second kappa shape index (κ2) is 19.2. The number of aliphatic carboxylic acids is 1. The third kappa shape index (κ3) is 16.2. The first-order valence-electron chi connectivity index (χ1n) is 10.6. The van der Waals surface area contributed by atoms with Crippen molar-refractivity contribution in [3.8, 4) is 5.75 Å². The van der Waals surface area contributed by atoms with Gasteiger partial charge in [-0.25, -0.2) is 0 Å². The van der Waals surface area contributed by atoms with Crippen LogP contribution in [-0.2, 0) is 28.5 Å². The number of nitrogens with one attached hydrogen (secondary N) is 1. The summed E-state index contributed by atoms with van der Waals surface area (Å²) in [6.07, 6.45) is 1.27. The minimum atomic E-state index is -0.982. The molecule has 10 heteroatoms. The Morgan fingerprint density at radius 2 is 1.31 bits per heavy atom. The SMILES string of the molecule is O=Cc1ccc(OCCOCCOCCOCCOCCCNC(=O)CCC(=O)O)cc1. The first-order chi connectivity index (χ1) is 15.6. The summed E-state index contributed by atoms with van der Waals surface area (Å²) in [6, 6.07) is 6.87. The number of aldehydes is 1. The first-order valence-corrected chi connectivity index (χ1v) is 10.6. The van der Waals surface area contributed by atoms with E-state index in [9.17, 15) is 14.4 Å². The van der Waals surface area contributed by atoms with E-state index in [1.807, 2.05) is 0 Å². The molecule has 0 saturated heterocycles. The molecule has 2 N–H and O–H groups in total. The van der Waals surface area contributed by atoms with Crippen molar-refractivity contribution in [3.63, 3.8) is 0 Å². The number of carboxylic acid groups (broad SMARTS) is 1. The lowest BCUT2D eigenvalue weighted by Crippen LogP contribution is -2.25. The molecule has 1 aromatic rings. The van der Waals surface area contributed by atoms with Crippen LogP contribution in [0.3, 0.4) is 0 Å². The molecule has 1 amide bonds. The molecule has 0 unspecified atom stereocenters. The highest BCUT2D eigenvalue weighted by molar-refractivity contribution is 5.80. The Hall–Kier alpha value is -2.53. The van der Waals surface area contributed by atoms with E-state index >= 15 is 0 Å². The molecule has 0 saturated carbocycles. The zero-order valence-electron chi connectivity index (χ0n) is 18.3. The highest BCUT2D eigenvalue weighted by atomic mass is 16.6. The predicted molar refractivity (Wildman–Crippen MR) is 115 cm³/mol. The molecule has 0 fully saturated rings. The van der Waals surface area contributed by atoms with Gasteiger partial charge in [0.25, 0.3) is 0 Å². The molecule has 1 aromatic carbocycles. The fourth-order valence-electron chi connectivity index (χ4n) is 2.33. The third-order valence-corrected chi connectivity index (χ3v) is 3.98. The van der Waals surface area contributed by atoms with Crippen LogP contribution in [0.4, 0.5) is 0 Å². The summed E-state index contributed by atoms with van der Waals surface area (Å²) in [6.45, 7) is 4.56. The zero-order chi connectivity index (χ0) is 23.3. The molecule has 0 heterocycles. The van der Waals surface area contributed by atoms with Crippen LogP contribution in [0.5, 0.6) is 5.75 Å². The van der Waals surface area contributed by atoms with Crippen LogP contribution in [0.25, 0.3) is 0 Å². The topological polar surface area (TPSA) is 130 Å². The van der Waals surface area contributed by atoms with E-state index in [1.165, 1.54) is 0 Å². The number of benzene rings is 1. The Morgan fingerprint density at radius 1 is 0.781 bits per heavy atom. The summed E-state index contributed by atoms with van der Waals surface area (Å²) in [7, 11) is 0. The van der Waals surface area contributed by atoms with Crippen LogP contribution < -0.4 is 10.1 Å². The molecule has 0 bridgehead atoms. The van der Waals surface area contributed by atoms with Crippen LogP contribution in [-0.4, -0.2) is 89.3 Å². The Morgan fingerprint density at radius 3 is 1.84 bits per heavy atom. The molecule has 0 aliphatic rings. The fraction of sp³-hybridized carbons (Fsp3) is 0.591. The highest BCUT2D eigenvalue weighted by Gasteiger charge is 2.04. The summed E-state index contributed by atoms with van der Waals surface area (Å²) in [5, 5.41) is 11.1. The molecule has 0 spiro atoms. The Balaban J connectivity index is 1.76. The van der Waals surface area contributed by atoms with Gasteiger partial charge in [0.2, 0.25) is 5.91 Å². The van der Waals surface area contributed by atoms with Crippen LogP contribution in [0.15, 0.2) is 24.3 Å². The van der Waals surface area contributed by atoms with Crippen LogP contribution in [0.2, 0.25) is 0 Å². The van der Waals surface area contributed by atoms with E-state index in [0.29, 0.717) is 83.7 Å². The van der Waals surface area contributed by atoms with Crippen molar-refractivity contribution in [1.82, 2.24) is 5.32 Å². The maximum absolute atomic E-state index is 11.3. The molecule has 0 radical (unpaired) electrons. The van der Waals surface area contributed by atoms with Crippen molar-refractivity contribution in [2.24, 2.45) is 0 Å². The maximum Gasteiger partial charge on any atom is 0.303 e. The smallest absolute Gasteiger partial charge is 0.303 e. The van der Waals surface area contributed by atoms with Crippen LogP contribution in [0.1, 0.15) is 29.6 Å². The minimum Gasteiger partial charge on any atom is -0.491 e. The van der Waals surface area contributed by atoms with Gasteiger partial charge in [0.15, 0.2) is 0 Å². The van der Waals surface area contributed by atoms with E-state index in [1.54, 1.807) is 24.3 Å². The van der Waals surface area contributed by atoms with Gasteiger partial charge in [0, 0.05) is 25.1 Å². The van der Waals surface area contributed by atoms with Gasteiger partial charge in [0.05, 0.1) is 52.7 Å². The number of rotatable bonds is 21. The molecular formula is C22H33NO9. The lowest BCUT2D eigenvalue weighted by Gasteiger charge is -2.09. The normalized spacial score (nSPS) is 10.6. The average molecular weight is 456 g/mol. The Labute approximate surface area is 188 Å². The quantitative estimate of drug-likeness (QED) is 0.208. The van der Waals surface area contributed by atoms with Gasteiger partial charge in [0.1, 0.15) is 18.6 Å². The maximum atomic E-state index is 11.3. The number of carboxylic acids is 1. The lowest BCUT2D eigenvalue weighted by molar-refractivity contribution is -0.138. The number of hydrogen-bond acceptors (Lipinski definition) is 8. The molecule has 0 atom stereocenters. The minimum absolute atomic E-state index is 0.00814. The number of carbonyl (C=O) groups excluding carboxylic acids is 2. The molecule has 0 aliphatic carbocycles. The van der Waals surface area contributed by atoms with Gasteiger partial charge in [-0.2, -0.15) is 0 Å². The molecular weight excluding hydrogens is 422 g/mol. The molecule has 0 aliphatic heterocycles. The Bertz CT molecular complexity index is 637. The third-order valence-electron chi connectivity index (χ3n) is 3.98. The number of hydrogen-bond donors (Lipinski definition) is 2. The van der Waals surface area contributed by atoms with Crippen molar-refractivity contribution in [2.75, 3.05) is 66.0 Å². The van der Waals surface area contributed by atoms with Crippen molar-refractivity contribution in [1.29, 1.82) is 0 Å². The van der Waals surface area contributed by atoms with Gasteiger partial charge in [-0.15, -0.1) is 0 Å². The molecule has 0 aromatic heterocycles. The van der Waals surface area contributed by atoms with Gasteiger partial charge in [-0.1, -0.05) is 0 Å². The summed E-state index contributed by atoms with van der Waals surface area (Å²) >= 11 is 0. The van der Waals surface area contributed by atoms with Gasteiger partial charge >= 0.3 is 5.97 Å². The fourth-order valence-corrected chi connectivity index (χ4v) is 2.33. The lowest BCUT2D eigenvalue weighted by atomic mass is 10.2. The van der Waals surface area contributed by atoms with Crippen molar-refractivity contribution in [3.05, 3.63) is 29.8 Å². The summed E-state index contributed by atoms with van der Waals surface area (Å²) in [5.41, 5.74) is 0.608. The molecule has 1 rings (SSSR count). The number of ether oxygens (including phenoxy) is 5. The van der Waals surface area contributed by atoms with Gasteiger partial charge in [-0.3, -0.25) is 14.4 Å². The summed E-state index contributed by atoms with van der Waals surface area (Å²) in [5.74, 6) is -0.558. The first kappa shape index (κ1) is 27.5. The van der Waals surface area contributed by atoms with E-state index < -0.39 is 5.97 Å². The predicted octanol–water partition coefficient (Wildman–Crippen LogP) is 1.32. The van der Waals surface area contributed by atoms with Gasteiger partial charge in [-0.05, 0) is 30.7 Å². The molecule has 10 nitrogen and oxygen atoms in total. The van der Waals surface area contributed by atoms with Gasteiger partial charge < -0.3 is 34.1 Å². The molecule has 32 heavy (non-hydrogen) atoms. The highest BCUT2D eigenvalue weighted by Crippen LogP contribution is 2.10. The number of amides is 1. The summed E-state index contributed by atoms with van der Waals surface area (Å²) in [4.78, 5) is 32.2. The number of carbonyl (C=O) groups is 3. The standard InChI is InChI=1S/C22H33NO9/c24-18-19-2-4-20(5-3-19)32-17-16-31-15-14-30-13-12-29-11-10-28-9-1-8-23-21(25)6-7-22(26)27/h2-5,18H,1,6-17H2,(H,23,25)(H,26,27). The Kier molecular flexibility index (Phi) is 16.5. The van der Waals surface area contributed by atoms with Crippen LogP contribution in [0, 0.1) is 0 Å². The van der Waals surface area contributed by atoms with E-state index in [0.717, 1.165) is 6.29 Å². The van der Waals surface area contributed by atoms with E-state index in [4.69, 9.17) is 28.8 Å². The molecule has 180 valence electrons. The van der Waals surface area contributed by atoms with E-state index in [2.05, 4.69) is 5.32 Å². The van der Waals surface area contributed by atoms with Crippen molar-refractivity contribution >= 4 is 18.2 Å². The van der Waals surface area contributed by atoms with Crippen molar-refractivity contribution < 1.29 is 43.2 Å². The largest absolute Gasteiger partial charge is 0.491 e. The average Bonchev–Trinajstić information content (AvgIpc) is 2.80. The summed E-state index contributed by atoms with van der Waals surface area (Å²) < 4.78 is 27.1. The zero-order valence-corrected chi connectivity index (χ0v) is 18.3. The monoisotopic (exact) mass is 455 g/mol. The van der Waals surface area contributed by atoms with Crippen LogP contribution >= 0.6 is 0 Å². The van der Waals surface area contributed by atoms with Crippen molar-refractivity contribution in [2.45, 2.75) is 19.3 Å². The van der Waals surface area contributed by atoms with E-state index in [-0.39, 0.29) is 18.7 Å².